The first kappa shape index (κ1) is 65.4. The Morgan fingerprint density at radius 3 is 0.806 bits per heavy atom. The zero-order valence-corrected chi connectivity index (χ0v) is 50.0. The molecule has 0 saturated carbocycles. The Kier molecular flexibility index (Phi) is 30.9. The molecule has 0 spiro atoms. The minimum Gasteiger partial charge on any atom is -0.261 e. The average Bonchev–Trinajstić information content (AvgIpc) is 3.26. The number of rotatable bonds is 12. The van der Waals surface area contributed by atoms with Gasteiger partial charge in [0.15, 0.2) is 0 Å². The summed E-state index contributed by atoms with van der Waals surface area (Å²) in [4.78, 5) is 25.0. The summed E-state index contributed by atoms with van der Waals surface area (Å²) in [7, 11) is 0. The van der Waals surface area contributed by atoms with Crippen molar-refractivity contribution in [1.82, 2.24) is 29.9 Å². The third-order valence-electron chi connectivity index (χ3n) is 11.3. The van der Waals surface area contributed by atoms with Crippen LogP contribution < -0.4 is 0 Å². The lowest BCUT2D eigenvalue weighted by molar-refractivity contribution is 0.568. The van der Waals surface area contributed by atoms with E-state index in [1.807, 2.05) is 57.0 Å². The highest BCUT2D eigenvalue weighted by Crippen LogP contribution is 2.18. The molecule has 6 rings (SSSR count). The van der Waals surface area contributed by atoms with Gasteiger partial charge in [-0.1, -0.05) is 137 Å². The van der Waals surface area contributed by atoms with Crippen LogP contribution in [0.25, 0.3) is 0 Å². The van der Waals surface area contributed by atoms with Crippen molar-refractivity contribution in [3.63, 3.8) is 0 Å². The molecule has 6 nitrogen and oxygen atoms in total. The van der Waals surface area contributed by atoms with Crippen LogP contribution in [0.1, 0.15) is 167 Å². The highest BCUT2D eigenvalue weighted by atomic mass is 35.5. The van der Waals surface area contributed by atoms with Crippen molar-refractivity contribution in [1.29, 1.82) is 0 Å². The van der Waals surface area contributed by atoms with Crippen LogP contribution in [0.5, 0.6) is 0 Å². The Bertz CT molecular complexity index is 2050. The third-order valence-corrected chi connectivity index (χ3v) is 12.1. The van der Waals surface area contributed by atoms with Gasteiger partial charge in [-0.25, -0.2) is 9.97 Å². The second kappa shape index (κ2) is 34.0. The molecule has 0 aliphatic rings. The number of pyridine rings is 6. The van der Waals surface area contributed by atoms with Crippen molar-refractivity contribution >= 4 is 23.2 Å². The molecular formula is C63H93Cl2FN6. The fourth-order valence-electron chi connectivity index (χ4n) is 7.38. The molecule has 0 bridgehead atoms. The zero-order valence-electron chi connectivity index (χ0n) is 48.5. The minimum absolute atomic E-state index is 0.359. The molecule has 0 aliphatic heterocycles. The van der Waals surface area contributed by atoms with Gasteiger partial charge in [-0.2, -0.15) is 4.39 Å². The van der Waals surface area contributed by atoms with E-state index in [9.17, 15) is 4.39 Å². The maximum Gasteiger partial charge on any atom is 0.215 e. The molecule has 0 atom stereocenters. The van der Waals surface area contributed by atoms with Crippen LogP contribution in [0.15, 0.2) is 73.6 Å². The SMILES string of the molecule is Cc1cc(CC(C)C)cnc1C.Cc1cc(CC(C)C)cnc1C.Cc1cc(CC(C)C)cnc1C.Cc1cc(CC(C)C)cnc1Cl.Cc1cc(CC(C)C)cnc1F.Cc1ncc(CC(C)C)cc1Cl. The largest absolute Gasteiger partial charge is 0.261 e. The Morgan fingerprint density at radius 2 is 0.556 bits per heavy atom. The van der Waals surface area contributed by atoms with E-state index in [-0.39, 0.29) is 5.95 Å². The monoisotopic (exact) mass is 1020 g/mol. The maximum atomic E-state index is 12.7. The van der Waals surface area contributed by atoms with Gasteiger partial charge in [0.05, 0.1) is 10.7 Å². The van der Waals surface area contributed by atoms with Gasteiger partial charge >= 0.3 is 0 Å². The van der Waals surface area contributed by atoms with Gasteiger partial charge in [0.1, 0.15) is 5.15 Å². The number of aromatic nitrogens is 6. The lowest BCUT2D eigenvalue weighted by atomic mass is 10.0. The molecule has 0 aliphatic carbocycles. The molecule has 9 heteroatoms. The van der Waals surface area contributed by atoms with Crippen molar-refractivity contribution in [2.75, 3.05) is 0 Å². The van der Waals surface area contributed by atoms with Gasteiger partial charge in [0, 0.05) is 59.8 Å². The Morgan fingerprint density at radius 1 is 0.319 bits per heavy atom. The zero-order chi connectivity index (χ0) is 54.8. The normalized spacial score (nSPS) is 10.8. The number of hydrogen-bond donors (Lipinski definition) is 0. The van der Waals surface area contributed by atoms with Gasteiger partial charge in [0.25, 0.3) is 0 Å². The summed E-state index contributed by atoms with van der Waals surface area (Å²) in [6, 6.07) is 12.7. The van der Waals surface area contributed by atoms with Crippen LogP contribution in [-0.4, -0.2) is 29.9 Å². The second-order valence-corrected chi connectivity index (χ2v) is 22.9. The highest BCUT2D eigenvalue weighted by Gasteiger charge is 2.06. The average molecular weight is 1020 g/mol. The summed E-state index contributed by atoms with van der Waals surface area (Å²) < 4.78 is 12.7. The fraction of sp³-hybridized carbons (Fsp3) is 0.524. The smallest absolute Gasteiger partial charge is 0.215 e. The molecular weight excluding hydrogens is 931 g/mol. The van der Waals surface area contributed by atoms with Crippen LogP contribution in [0.4, 0.5) is 4.39 Å². The minimum atomic E-state index is -0.359. The first-order valence-corrected chi connectivity index (χ1v) is 26.9. The van der Waals surface area contributed by atoms with Crippen molar-refractivity contribution in [2.45, 2.75) is 184 Å². The second-order valence-electron chi connectivity index (χ2n) is 22.1. The van der Waals surface area contributed by atoms with E-state index in [2.05, 4.69) is 179 Å². The van der Waals surface area contributed by atoms with E-state index < -0.39 is 0 Å². The molecule has 0 saturated heterocycles. The predicted molar refractivity (Wildman–Crippen MR) is 309 cm³/mol. The lowest BCUT2D eigenvalue weighted by Gasteiger charge is -2.06. The van der Waals surface area contributed by atoms with Gasteiger partial charge < -0.3 is 0 Å². The molecule has 0 unspecified atom stereocenters. The van der Waals surface area contributed by atoms with E-state index in [4.69, 9.17) is 23.2 Å². The molecule has 6 heterocycles. The van der Waals surface area contributed by atoms with Crippen LogP contribution in [-0.2, 0) is 38.5 Å². The summed E-state index contributed by atoms with van der Waals surface area (Å²) >= 11 is 11.7. The van der Waals surface area contributed by atoms with Gasteiger partial charge in [-0.15, -0.1) is 0 Å². The molecule has 0 N–H and O–H groups in total. The van der Waals surface area contributed by atoms with Crippen molar-refractivity contribution in [3.8, 4) is 0 Å². The first-order valence-electron chi connectivity index (χ1n) is 26.2. The Hall–Kier alpha value is -4.59. The molecule has 0 fully saturated rings. The third kappa shape index (κ3) is 28.6. The van der Waals surface area contributed by atoms with Gasteiger partial charge in [-0.3, -0.25) is 19.9 Å². The van der Waals surface area contributed by atoms with E-state index >= 15 is 0 Å². The maximum absolute atomic E-state index is 12.7. The number of nitrogens with zero attached hydrogens (tertiary/aromatic N) is 6. The predicted octanol–water partition coefficient (Wildman–Crippen LogP) is 17.9. The van der Waals surface area contributed by atoms with Crippen LogP contribution in [0, 0.1) is 104 Å². The van der Waals surface area contributed by atoms with Crippen molar-refractivity contribution in [3.05, 3.63) is 174 Å². The molecule has 72 heavy (non-hydrogen) atoms. The number of hydrogen-bond acceptors (Lipinski definition) is 6. The van der Waals surface area contributed by atoms with Crippen molar-refractivity contribution in [2.24, 2.45) is 35.5 Å². The Balaban J connectivity index is 0.000000432. The van der Waals surface area contributed by atoms with Crippen LogP contribution >= 0.6 is 23.2 Å². The summed E-state index contributed by atoms with van der Waals surface area (Å²) in [5.74, 6) is 3.72. The van der Waals surface area contributed by atoms with Gasteiger partial charge in [0.2, 0.25) is 5.95 Å². The van der Waals surface area contributed by atoms with Gasteiger partial charge in [-0.05, 0) is 198 Å². The van der Waals surface area contributed by atoms with E-state index in [1.165, 1.54) is 44.5 Å². The summed E-state index contributed by atoms with van der Waals surface area (Å²) in [6.45, 7) is 44.6. The molecule has 0 aromatic carbocycles. The molecule has 0 amide bonds. The fourth-order valence-corrected chi connectivity index (χ4v) is 7.67. The number of halogens is 3. The van der Waals surface area contributed by atoms with E-state index in [0.717, 1.165) is 77.5 Å². The molecule has 6 aromatic heterocycles. The Labute approximate surface area is 448 Å². The van der Waals surface area contributed by atoms with E-state index in [0.29, 0.717) is 46.2 Å². The summed E-state index contributed by atoms with van der Waals surface area (Å²) in [5, 5.41) is 1.38. The molecule has 0 radical (unpaired) electrons. The van der Waals surface area contributed by atoms with Crippen LogP contribution in [0.3, 0.4) is 0 Å². The van der Waals surface area contributed by atoms with E-state index in [1.54, 1.807) is 13.1 Å². The quantitative estimate of drug-likeness (QED) is 0.114. The van der Waals surface area contributed by atoms with Crippen LogP contribution in [0.2, 0.25) is 10.2 Å². The number of aryl methyl sites for hydroxylation is 9. The lowest BCUT2D eigenvalue weighted by Crippen LogP contribution is -1.97. The topological polar surface area (TPSA) is 77.3 Å². The molecule has 6 aromatic rings. The summed E-state index contributed by atoms with van der Waals surface area (Å²) in [6.07, 6.45) is 17.8. The molecule has 396 valence electrons. The standard InChI is InChI=1S/3C11H17N.2C10H14ClN.C10H14FN/c3*1-8(2)5-11-6-9(3)10(4)12-7-11;1-7(2)4-9-5-10(11)8(3)12-6-9;2*1-7(2)4-9-5-8(3)10(11)12-6-9/h3*6-8H,5H2,1-4H3;3*5-7H,4H2,1-3H3. The highest BCUT2D eigenvalue weighted by molar-refractivity contribution is 6.31. The first-order chi connectivity index (χ1) is 33.6. The van der Waals surface area contributed by atoms with Crippen molar-refractivity contribution < 1.29 is 4.39 Å². The summed E-state index contributed by atoms with van der Waals surface area (Å²) in [5.41, 5.74) is 17.6.